The Morgan fingerprint density at radius 3 is 2.80 bits per heavy atom. The maximum absolute atomic E-state index is 13.2. The van der Waals surface area contributed by atoms with Crippen molar-refractivity contribution in [3.05, 3.63) is 35.4 Å². The molecule has 4 heteroatoms. The molecule has 0 saturated carbocycles. The summed E-state index contributed by atoms with van der Waals surface area (Å²) in [4.78, 5) is 0. The smallest absolute Gasteiger partial charge is 0.162 e. The first-order valence-electron chi connectivity index (χ1n) is 4.76. The van der Waals surface area contributed by atoms with Gasteiger partial charge in [-0.1, -0.05) is 19.1 Å². The molecule has 15 heavy (non-hydrogen) atoms. The third-order valence-corrected chi connectivity index (χ3v) is 3.32. The van der Waals surface area contributed by atoms with E-state index in [1.165, 1.54) is 17.8 Å². The van der Waals surface area contributed by atoms with E-state index in [1.54, 1.807) is 6.07 Å². The van der Waals surface area contributed by atoms with Gasteiger partial charge < -0.3 is 5.11 Å². The minimum Gasteiger partial charge on any atom is -0.396 e. The van der Waals surface area contributed by atoms with Crippen molar-refractivity contribution in [2.75, 3.05) is 12.4 Å². The Balaban J connectivity index is 2.47. The highest BCUT2D eigenvalue weighted by atomic mass is 32.2. The Labute approximate surface area is 92.5 Å². The van der Waals surface area contributed by atoms with Crippen LogP contribution in [0.1, 0.15) is 12.5 Å². The zero-order chi connectivity index (χ0) is 11.3. The highest BCUT2D eigenvalue weighted by Gasteiger charge is 2.08. The predicted molar refractivity (Wildman–Crippen MR) is 58.8 cm³/mol. The van der Waals surface area contributed by atoms with E-state index in [0.29, 0.717) is 11.3 Å². The van der Waals surface area contributed by atoms with Crippen LogP contribution in [0.4, 0.5) is 8.78 Å². The zero-order valence-corrected chi connectivity index (χ0v) is 9.36. The highest BCUT2D eigenvalue weighted by molar-refractivity contribution is 7.98. The van der Waals surface area contributed by atoms with Gasteiger partial charge in [0.05, 0.1) is 0 Å². The number of hydrogen-bond donors (Lipinski definition) is 1. The second-order valence-electron chi connectivity index (χ2n) is 3.52. The van der Waals surface area contributed by atoms with E-state index >= 15 is 0 Å². The molecule has 1 unspecified atom stereocenters. The van der Waals surface area contributed by atoms with Gasteiger partial charge >= 0.3 is 0 Å². The number of benzene rings is 1. The fourth-order valence-corrected chi connectivity index (χ4v) is 2.15. The molecule has 0 bridgehead atoms. The highest BCUT2D eigenvalue weighted by Crippen LogP contribution is 2.19. The van der Waals surface area contributed by atoms with Crippen LogP contribution in [0.5, 0.6) is 0 Å². The van der Waals surface area contributed by atoms with Crippen molar-refractivity contribution in [3.63, 3.8) is 0 Å². The molecule has 1 atom stereocenters. The lowest BCUT2D eigenvalue weighted by Crippen LogP contribution is -2.04. The van der Waals surface area contributed by atoms with E-state index in [4.69, 9.17) is 5.11 Å². The van der Waals surface area contributed by atoms with E-state index in [1.807, 2.05) is 6.92 Å². The van der Waals surface area contributed by atoms with Crippen LogP contribution in [-0.2, 0) is 5.75 Å². The molecule has 1 aromatic carbocycles. The monoisotopic (exact) mass is 232 g/mol. The maximum Gasteiger partial charge on any atom is 0.162 e. The van der Waals surface area contributed by atoms with Crippen LogP contribution in [-0.4, -0.2) is 17.5 Å². The van der Waals surface area contributed by atoms with Crippen molar-refractivity contribution >= 4 is 11.8 Å². The summed E-state index contributed by atoms with van der Waals surface area (Å²) in [6, 6.07) is 4.19. The zero-order valence-electron chi connectivity index (χ0n) is 8.54. The molecule has 0 aromatic heterocycles. The quantitative estimate of drug-likeness (QED) is 0.842. The lowest BCUT2D eigenvalue weighted by Gasteiger charge is -2.07. The molecule has 0 heterocycles. The molecule has 0 spiro atoms. The third-order valence-electron chi connectivity index (χ3n) is 2.00. The minimum atomic E-state index is -0.802. The van der Waals surface area contributed by atoms with Gasteiger partial charge in [0.25, 0.3) is 0 Å². The van der Waals surface area contributed by atoms with E-state index < -0.39 is 11.6 Å². The van der Waals surface area contributed by atoms with E-state index in [9.17, 15) is 8.78 Å². The van der Waals surface area contributed by atoms with Gasteiger partial charge in [-0.05, 0) is 17.7 Å². The molecular formula is C11H14F2OS. The van der Waals surface area contributed by atoms with Gasteiger partial charge in [-0.3, -0.25) is 0 Å². The predicted octanol–water partition coefficient (Wildman–Crippen LogP) is 2.83. The molecule has 0 fully saturated rings. The summed E-state index contributed by atoms with van der Waals surface area (Å²) in [5, 5.41) is 8.78. The SMILES string of the molecule is CC(CO)CSCc1cccc(F)c1F. The summed E-state index contributed by atoms with van der Waals surface area (Å²) in [6.45, 7) is 2.04. The van der Waals surface area contributed by atoms with Gasteiger partial charge in [-0.2, -0.15) is 11.8 Å². The van der Waals surface area contributed by atoms with Crippen molar-refractivity contribution in [2.24, 2.45) is 5.92 Å². The fourth-order valence-electron chi connectivity index (χ4n) is 1.08. The molecule has 84 valence electrons. The van der Waals surface area contributed by atoms with Crippen LogP contribution in [0.2, 0.25) is 0 Å². The Morgan fingerprint density at radius 1 is 1.40 bits per heavy atom. The van der Waals surface area contributed by atoms with Crippen molar-refractivity contribution < 1.29 is 13.9 Å². The summed E-state index contributed by atoms with van der Waals surface area (Å²) in [5.74, 6) is -0.197. The lowest BCUT2D eigenvalue weighted by atomic mass is 10.2. The van der Waals surface area contributed by atoms with E-state index in [2.05, 4.69) is 0 Å². The van der Waals surface area contributed by atoms with Crippen LogP contribution >= 0.6 is 11.8 Å². The van der Waals surface area contributed by atoms with Gasteiger partial charge in [0.15, 0.2) is 11.6 Å². The van der Waals surface area contributed by atoms with Gasteiger partial charge in [-0.25, -0.2) is 8.78 Å². The molecule has 1 N–H and O–H groups in total. The van der Waals surface area contributed by atoms with Crippen molar-refractivity contribution in [1.82, 2.24) is 0 Å². The fraction of sp³-hybridized carbons (Fsp3) is 0.455. The maximum atomic E-state index is 13.2. The molecule has 0 radical (unpaired) electrons. The van der Waals surface area contributed by atoms with Crippen molar-refractivity contribution in [2.45, 2.75) is 12.7 Å². The van der Waals surface area contributed by atoms with Gasteiger partial charge in [0.1, 0.15) is 0 Å². The van der Waals surface area contributed by atoms with Crippen molar-refractivity contribution in [3.8, 4) is 0 Å². The molecule has 0 aliphatic carbocycles. The Bertz CT molecular complexity index is 317. The topological polar surface area (TPSA) is 20.2 Å². The average molecular weight is 232 g/mol. The summed E-state index contributed by atoms with van der Waals surface area (Å²) in [6.07, 6.45) is 0. The van der Waals surface area contributed by atoms with Crippen LogP contribution in [0.3, 0.4) is 0 Å². The molecule has 0 aliphatic rings. The summed E-state index contributed by atoms with van der Waals surface area (Å²) < 4.78 is 26.0. The molecule has 1 aromatic rings. The summed E-state index contributed by atoms with van der Waals surface area (Å²) in [7, 11) is 0. The van der Waals surface area contributed by atoms with E-state index in [0.717, 1.165) is 11.8 Å². The molecular weight excluding hydrogens is 218 g/mol. The van der Waals surface area contributed by atoms with Crippen LogP contribution < -0.4 is 0 Å². The summed E-state index contributed by atoms with van der Waals surface area (Å²) >= 11 is 1.50. The van der Waals surface area contributed by atoms with Crippen LogP contribution in [0, 0.1) is 17.6 Å². The second kappa shape index (κ2) is 6.08. The number of rotatable bonds is 5. The molecule has 0 aliphatic heterocycles. The second-order valence-corrected chi connectivity index (χ2v) is 4.55. The number of hydrogen-bond acceptors (Lipinski definition) is 2. The molecule has 0 saturated heterocycles. The van der Waals surface area contributed by atoms with E-state index in [-0.39, 0.29) is 12.5 Å². The van der Waals surface area contributed by atoms with Gasteiger partial charge in [0.2, 0.25) is 0 Å². The molecule has 1 rings (SSSR count). The first-order chi connectivity index (χ1) is 7.15. The first kappa shape index (κ1) is 12.5. The van der Waals surface area contributed by atoms with Gasteiger partial charge in [0, 0.05) is 17.9 Å². The molecule has 0 amide bonds. The normalized spacial score (nSPS) is 12.8. The number of thioether (sulfide) groups is 1. The van der Waals surface area contributed by atoms with Crippen molar-refractivity contribution in [1.29, 1.82) is 0 Å². The van der Waals surface area contributed by atoms with Crippen LogP contribution in [0.25, 0.3) is 0 Å². The minimum absolute atomic E-state index is 0.124. The number of halogens is 2. The number of aliphatic hydroxyl groups excluding tert-OH is 1. The Morgan fingerprint density at radius 2 is 2.13 bits per heavy atom. The standard InChI is InChI=1S/C11H14F2OS/c1-8(5-14)6-15-7-9-3-2-4-10(12)11(9)13/h2-4,8,14H,5-7H2,1H3. The van der Waals surface area contributed by atoms with Crippen LogP contribution in [0.15, 0.2) is 18.2 Å². The molecule has 1 nitrogen and oxygen atoms in total. The van der Waals surface area contributed by atoms with Gasteiger partial charge in [-0.15, -0.1) is 0 Å². The average Bonchev–Trinajstić information content (AvgIpc) is 2.24. The first-order valence-corrected chi connectivity index (χ1v) is 5.92. The third kappa shape index (κ3) is 3.80. The number of aliphatic hydroxyl groups is 1. The largest absolute Gasteiger partial charge is 0.396 e. The Hall–Kier alpha value is -0.610. The lowest BCUT2D eigenvalue weighted by molar-refractivity contribution is 0.250. The summed E-state index contributed by atoms with van der Waals surface area (Å²) in [5.41, 5.74) is 0.380. The Kier molecular flexibility index (Phi) is 5.05.